The predicted molar refractivity (Wildman–Crippen MR) is 135 cm³/mol. The van der Waals surface area contributed by atoms with E-state index in [1.54, 1.807) is 11.1 Å². The Balaban J connectivity index is 1.79. The fourth-order valence-corrected chi connectivity index (χ4v) is 4.30. The molecule has 176 valence electrons. The van der Waals surface area contributed by atoms with E-state index in [0.29, 0.717) is 11.1 Å². The zero-order valence-corrected chi connectivity index (χ0v) is 20.4. The molecule has 0 saturated heterocycles. The molecule has 1 aromatic carbocycles. The van der Waals surface area contributed by atoms with Crippen LogP contribution in [-0.2, 0) is 13.0 Å². The maximum Gasteiger partial charge on any atom is 0.255 e. The molecule has 0 saturated carbocycles. The summed E-state index contributed by atoms with van der Waals surface area (Å²) in [6, 6.07) is 9.74. The number of nitrogens with one attached hydrogen (secondary N) is 2. The van der Waals surface area contributed by atoms with Crippen molar-refractivity contribution in [2.75, 3.05) is 0 Å². The number of hydrogen-bond donors (Lipinski definition) is 2. The normalized spacial score (nSPS) is 11.4. The smallest absolute Gasteiger partial charge is 0.255 e. The van der Waals surface area contributed by atoms with Crippen molar-refractivity contribution >= 4 is 16.8 Å². The van der Waals surface area contributed by atoms with E-state index in [4.69, 9.17) is 0 Å². The molecule has 3 heterocycles. The lowest BCUT2D eigenvalue weighted by atomic mass is 9.99. The zero-order valence-electron chi connectivity index (χ0n) is 20.4. The molecule has 7 heteroatoms. The zero-order chi connectivity index (χ0) is 24.4. The molecule has 0 fully saturated rings. The van der Waals surface area contributed by atoms with Gasteiger partial charge in [0.25, 0.3) is 11.5 Å². The first kappa shape index (κ1) is 23.4. The molecule has 0 aliphatic rings. The van der Waals surface area contributed by atoms with Crippen LogP contribution in [0.4, 0.5) is 0 Å². The van der Waals surface area contributed by atoms with Crippen molar-refractivity contribution in [2.45, 2.75) is 60.0 Å². The Morgan fingerprint density at radius 3 is 2.56 bits per heavy atom. The minimum Gasteiger partial charge on any atom is -0.332 e. The fourth-order valence-electron chi connectivity index (χ4n) is 4.30. The summed E-state index contributed by atoms with van der Waals surface area (Å²) in [6.45, 7) is 10.1. The van der Waals surface area contributed by atoms with Gasteiger partial charge in [0.15, 0.2) is 0 Å². The lowest BCUT2D eigenvalue weighted by molar-refractivity contribution is 0.0691. The second kappa shape index (κ2) is 9.63. The molecular formula is C27H31N5O2. The number of aromatic amines is 2. The standard InChI is InChI=1S/C27H31N5O2/c1-6-7-19-10-18(5)30-26(33)24(19)15-32(16(2)3)27(34)22-11-21(12-25-23(22)14-29-31-25)20-9-8-17(4)28-13-20/h8-14,16H,6-7,15H2,1-5H3,(H,29,31)(H,30,33). The molecule has 0 aliphatic carbocycles. The second-order valence-corrected chi connectivity index (χ2v) is 9.11. The van der Waals surface area contributed by atoms with Crippen molar-refractivity contribution in [2.24, 2.45) is 0 Å². The molecule has 0 spiro atoms. The van der Waals surface area contributed by atoms with Crippen LogP contribution in [0, 0.1) is 13.8 Å². The summed E-state index contributed by atoms with van der Waals surface area (Å²) < 4.78 is 0. The van der Waals surface area contributed by atoms with Crippen molar-refractivity contribution in [1.82, 2.24) is 25.1 Å². The van der Waals surface area contributed by atoms with Crippen LogP contribution in [0.3, 0.4) is 0 Å². The third-order valence-corrected chi connectivity index (χ3v) is 6.13. The molecule has 0 bridgehead atoms. The first-order valence-electron chi connectivity index (χ1n) is 11.7. The van der Waals surface area contributed by atoms with Crippen molar-refractivity contribution in [1.29, 1.82) is 0 Å². The summed E-state index contributed by atoms with van der Waals surface area (Å²) in [5, 5.41) is 7.93. The molecular weight excluding hydrogens is 426 g/mol. The largest absolute Gasteiger partial charge is 0.332 e. The minimum atomic E-state index is -0.134. The molecule has 4 aromatic rings. The Kier molecular flexibility index (Phi) is 6.63. The molecule has 0 atom stereocenters. The van der Waals surface area contributed by atoms with Gasteiger partial charge in [0.1, 0.15) is 0 Å². The Labute approximate surface area is 199 Å². The summed E-state index contributed by atoms with van der Waals surface area (Å²) >= 11 is 0. The summed E-state index contributed by atoms with van der Waals surface area (Å²) in [6.07, 6.45) is 5.21. The van der Waals surface area contributed by atoms with Crippen molar-refractivity contribution in [3.05, 3.63) is 81.2 Å². The summed E-state index contributed by atoms with van der Waals surface area (Å²) in [5.74, 6) is -0.134. The molecule has 0 radical (unpaired) electrons. The first-order chi connectivity index (χ1) is 16.3. The van der Waals surface area contributed by atoms with Gasteiger partial charge in [-0.25, -0.2) is 0 Å². The maximum absolute atomic E-state index is 13.9. The Hall–Kier alpha value is -3.74. The third-order valence-electron chi connectivity index (χ3n) is 6.13. The molecule has 4 rings (SSSR count). The fraction of sp³-hybridized carbons (Fsp3) is 0.333. The molecule has 7 nitrogen and oxygen atoms in total. The van der Waals surface area contributed by atoms with Crippen LogP contribution in [0.1, 0.15) is 60.1 Å². The number of carbonyl (C=O) groups excluding carboxylic acids is 1. The third kappa shape index (κ3) is 4.64. The van der Waals surface area contributed by atoms with Crippen LogP contribution < -0.4 is 5.56 Å². The average Bonchev–Trinajstić information content (AvgIpc) is 3.27. The highest BCUT2D eigenvalue weighted by molar-refractivity contribution is 6.07. The minimum absolute atomic E-state index is 0.102. The number of amides is 1. The van der Waals surface area contributed by atoms with E-state index in [0.717, 1.165) is 51.8 Å². The monoisotopic (exact) mass is 457 g/mol. The quantitative estimate of drug-likeness (QED) is 0.411. The van der Waals surface area contributed by atoms with Crippen LogP contribution in [0.2, 0.25) is 0 Å². The number of aromatic nitrogens is 4. The van der Waals surface area contributed by atoms with Gasteiger partial charge in [0.2, 0.25) is 0 Å². The van der Waals surface area contributed by atoms with Gasteiger partial charge in [-0.3, -0.25) is 19.7 Å². The lowest BCUT2D eigenvalue weighted by Gasteiger charge is -2.28. The topological polar surface area (TPSA) is 94.7 Å². The van der Waals surface area contributed by atoms with E-state index in [2.05, 4.69) is 27.1 Å². The van der Waals surface area contributed by atoms with Gasteiger partial charge >= 0.3 is 0 Å². The van der Waals surface area contributed by atoms with Crippen molar-refractivity contribution in [3.8, 4) is 11.1 Å². The number of hydrogen-bond acceptors (Lipinski definition) is 4. The molecule has 3 aromatic heterocycles. The molecule has 0 unspecified atom stereocenters. The van der Waals surface area contributed by atoms with Gasteiger partial charge in [-0.15, -0.1) is 0 Å². The average molecular weight is 458 g/mol. The Morgan fingerprint density at radius 2 is 1.88 bits per heavy atom. The highest BCUT2D eigenvalue weighted by Gasteiger charge is 2.24. The van der Waals surface area contributed by atoms with Gasteiger partial charge in [-0.1, -0.05) is 19.4 Å². The first-order valence-corrected chi connectivity index (χ1v) is 11.7. The number of fused-ring (bicyclic) bond motifs is 1. The number of aryl methyl sites for hydroxylation is 3. The maximum atomic E-state index is 13.9. The van der Waals surface area contributed by atoms with Crippen LogP contribution >= 0.6 is 0 Å². The van der Waals surface area contributed by atoms with E-state index in [1.165, 1.54) is 0 Å². The van der Waals surface area contributed by atoms with Crippen LogP contribution in [0.15, 0.2) is 47.5 Å². The Morgan fingerprint density at radius 1 is 1.09 bits per heavy atom. The number of carbonyl (C=O) groups is 1. The van der Waals surface area contributed by atoms with Crippen LogP contribution in [0.5, 0.6) is 0 Å². The summed E-state index contributed by atoms with van der Waals surface area (Å²) in [5.41, 5.74) is 6.42. The van der Waals surface area contributed by atoms with E-state index >= 15 is 0 Å². The van der Waals surface area contributed by atoms with E-state index < -0.39 is 0 Å². The lowest BCUT2D eigenvalue weighted by Crippen LogP contribution is -2.38. The number of rotatable bonds is 7. The van der Waals surface area contributed by atoms with Crippen molar-refractivity contribution < 1.29 is 4.79 Å². The molecule has 1 amide bonds. The SMILES string of the molecule is CCCc1cc(C)[nH]c(=O)c1CN(C(=O)c1cc(-c2ccc(C)nc2)cc2[nH]ncc12)C(C)C. The van der Waals surface area contributed by atoms with E-state index in [1.807, 2.05) is 64.2 Å². The van der Waals surface area contributed by atoms with Gasteiger partial charge in [0.05, 0.1) is 23.8 Å². The number of pyridine rings is 2. The number of nitrogens with zero attached hydrogens (tertiary/aromatic N) is 3. The Bertz CT molecular complexity index is 1380. The highest BCUT2D eigenvalue weighted by Crippen LogP contribution is 2.28. The second-order valence-electron chi connectivity index (χ2n) is 9.11. The highest BCUT2D eigenvalue weighted by atomic mass is 16.2. The van der Waals surface area contributed by atoms with Crippen LogP contribution in [-0.4, -0.2) is 37.0 Å². The van der Waals surface area contributed by atoms with Crippen LogP contribution in [0.25, 0.3) is 22.0 Å². The van der Waals surface area contributed by atoms with Gasteiger partial charge in [-0.2, -0.15) is 5.10 Å². The van der Waals surface area contributed by atoms with Crippen molar-refractivity contribution in [3.63, 3.8) is 0 Å². The summed E-state index contributed by atoms with van der Waals surface area (Å²) in [7, 11) is 0. The summed E-state index contributed by atoms with van der Waals surface area (Å²) in [4.78, 5) is 35.9. The van der Waals surface area contributed by atoms with Gasteiger partial charge in [-0.05, 0) is 69.5 Å². The molecule has 34 heavy (non-hydrogen) atoms. The van der Waals surface area contributed by atoms with E-state index in [9.17, 15) is 9.59 Å². The van der Waals surface area contributed by atoms with Gasteiger partial charge in [0, 0.05) is 40.1 Å². The number of H-pyrrole nitrogens is 2. The number of benzene rings is 1. The van der Waals surface area contributed by atoms with E-state index in [-0.39, 0.29) is 24.1 Å². The predicted octanol–water partition coefficient (Wildman–Crippen LogP) is 4.93. The molecule has 0 aliphatic heterocycles. The van der Waals surface area contributed by atoms with Gasteiger partial charge < -0.3 is 9.88 Å². The molecule has 2 N–H and O–H groups in total.